The molecule has 11 aromatic rings. The highest BCUT2D eigenvalue weighted by molar-refractivity contribution is 6.13. The standard InChI is InChI=1S/C60H41N3/c1-60(2)57-43-21-7-6-15-38(43)28-29-53(57)52-27-13-26-51(58(52)60)50-31-30-48(44-22-8-9-23-45(44)50)49-32-33-54(47-25-11-10-24-46(47)49)59-62-55(39-16-4-3-5-17-39)36-56(63-59)41-19-12-18-40(35-41)42-20-14-34-61-37-42/h3-37H,1-2H3. The third-order valence-electron chi connectivity index (χ3n) is 13.2. The SMILES string of the molecule is CC1(C)c2c(cccc2-c2ccc(-c3ccc(-c4nc(-c5ccccc5)cc(-c5cccc(-c6cccnc6)c5)n4)c4ccccc34)c3ccccc23)-c2ccc3ccccc3c21. The normalized spacial score (nSPS) is 12.7. The molecule has 296 valence electrons. The number of hydrogen-bond donors (Lipinski definition) is 0. The molecule has 0 bridgehead atoms. The lowest BCUT2D eigenvalue weighted by Crippen LogP contribution is -2.17. The van der Waals surface area contributed by atoms with Crippen molar-refractivity contribution in [3.8, 4) is 78.4 Å². The van der Waals surface area contributed by atoms with Gasteiger partial charge in [-0.25, -0.2) is 9.97 Å². The first-order valence-corrected chi connectivity index (χ1v) is 21.7. The van der Waals surface area contributed by atoms with E-state index in [4.69, 9.17) is 9.97 Å². The second kappa shape index (κ2) is 14.6. The van der Waals surface area contributed by atoms with Gasteiger partial charge in [-0.3, -0.25) is 4.98 Å². The molecule has 0 atom stereocenters. The number of aromatic nitrogens is 3. The maximum atomic E-state index is 5.33. The van der Waals surface area contributed by atoms with E-state index in [1.807, 2.05) is 18.3 Å². The highest BCUT2D eigenvalue weighted by atomic mass is 14.9. The van der Waals surface area contributed by atoms with Crippen molar-refractivity contribution in [3.05, 3.63) is 224 Å². The van der Waals surface area contributed by atoms with Gasteiger partial charge in [0.25, 0.3) is 0 Å². The van der Waals surface area contributed by atoms with Crippen LogP contribution in [0.25, 0.3) is 111 Å². The zero-order chi connectivity index (χ0) is 42.1. The van der Waals surface area contributed by atoms with Crippen LogP contribution in [-0.2, 0) is 5.41 Å². The Morgan fingerprint density at radius 3 is 1.51 bits per heavy atom. The number of fused-ring (bicyclic) bond motifs is 7. The molecule has 2 aromatic heterocycles. The second-order valence-electron chi connectivity index (χ2n) is 17.1. The molecule has 0 radical (unpaired) electrons. The lowest BCUT2D eigenvalue weighted by molar-refractivity contribution is 0.668. The summed E-state index contributed by atoms with van der Waals surface area (Å²) >= 11 is 0. The number of nitrogens with zero attached hydrogens (tertiary/aromatic N) is 3. The maximum Gasteiger partial charge on any atom is 0.161 e. The van der Waals surface area contributed by atoms with Crippen LogP contribution < -0.4 is 0 Å². The molecule has 1 aliphatic rings. The lowest BCUT2D eigenvalue weighted by Gasteiger charge is -2.26. The summed E-state index contributed by atoms with van der Waals surface area (Å²) in [6.07, 6.45) is 3.71. The first-order chi connectivity index (χ1) is 31.0. The molecule has 0 N–H and O–H groups in total. The van der Waals surface area contributed by atoms with Gasteiger partial charge in [-0.2, -0.15) is 0 Å². The van der Waals surface area contributed by atoms with Crippen LogP contribution >= 0.6 is 0 Å². The Kier molecular flexibility index (Phi) is 8.52. The molecule has 2 heterocycles. The van der Waals surface area contributed by atoms with Crippen molar-refractivity contribution < 1.29 is 0 Å². The molecule has 9 aromatic carbocycles. The Morgan fingerprint density at radius 2 is 0.825 bits per heavy atom. The lowest BCUT2D eigenvalue weighted by atomic mass is 9.76. The van der Waals surface area contributed by atoms with Crippen molar-refractivity contribution in [3.63, 3.8) is 0 Å². The van der Waals surface area contributed by atoms with Gasteiger partial charge in [0.05, 0.1) is 11.4 Å². The van der Waals surface area contributed by atoms with Crippen LogP contribution in [0, 0.1) is 0 Å². The topological polar surface area (TPSA) is 38.7 Å². The molecule has 0 amide bonds. The van der Waals surface area contributed by atoms with Crippen molar-refractivity contribution in [1.29, 1.82) is 0 Å². The Labute approximate surface area is 367 Å². The zero-order valence-corrected chi connectivity index (χ0v) is 35.0. The minimum Gasteiger partial charge on any atom is -0.264 e. The van der Waals surface area contributed by atoms with Crippen molar-refractivity contribution in [2.24, 2.45) is 0 Å². The molecular formula is C60H41N3. The minimum absolute atomic E-state index is 0.185. The summed E-state index contributed by atoms with van der Waals surface area (Å²) in [5, 5.41) is 7.35. The largest absolute Gasteiger partial charge is 0.264 e. The molecule has 0 unspecified atom stereocenters. The predicted molar refractivity (Wildman–Crippen MR) is 263 cm³/mol. The molecule has 3 heteroatoms. The van der Waals surface area contributed by atoms with Gasteiger partial charge in [-0.05, 0) is 107 Å². The summed E-state index contributed by atoms with van der Waals surface area (Å²) in [5.74, 6) is 0.690. The summed E-state index contributed by atoms with van der Waals surface area (Å²) in [5.41, 5.74) is 17.2. The Morgan fingerprint density at radius 1 is 0.333 bits per heavy atom. The Bertz CT molecular complexity index is 3590. The van der Waals surface area contributed by atoms with Gasteiger partial charge in [0.2, 0.25) is 0 Å². The summed E-state index contributed by atoms with van der Waals surface area (Å²) in [4.78, 5) is 15.0. The first kappa shape index (κ1) is 36.8. The monoisotopic (exact) mass is 803 g/mol. The summed E-state index contributed by atoms with van der Waals surface area (Å²) in [6.45, 7) is 4.80. The van der Waals surface area contributed by atoms with E-state index in [1.165, 1.54) is 66.1 Å². The van der Waals surface area contributed by atoms with Gasteiger partial charge < -0.3 is 0 Å². The summed E-state index contributed by atoms with van der Waals surface area (Å²) in [6, 6.07) is 72.2. The zero-order valence-electron chi connectivity index (χ0n) is 35.0. The van der Waals surface area contributed by atoms with Crippen molar-refractivity contribution in [2.75, 3.05) is 0 Å². The van der Waals surface area contributed by atoms with Gasteiger partial charge >= 0.3 is 0 Å². The van der Waals surface area contributed by atoms with Crippen molar-refractivity contribution >= 4 is 32.3 Å². The van der Waals surface area contributed by atoms with E-state index in [9.17, 15) is 0 Å². The quantitative estimate of drug-likeness (QED) is 0.168. The van der Waals surface area contributed by atoms with E-state index < -0.39 is 0 Å². The van der Waals surface area contributed by atoms with Crippen LogP contribution in [0.15, 0.2) is 213 Å². The fourth-order valence-corrected chi connectivity index (χ4v) is 10.3. The van der Waals surface area contributed by atoms with Crippen LogP contribution in [0.4, 0.5) is 0 Å². The fraction of sp³-hybridized carbons (Fsp3) is 0.0500. The van der Waals surface area contributed by atoms with Crippen LogP contribution in [0.5, 0.6) is 0 Å². The highest BCUT2D eigenvalue weighted by Crippen LogP contribution is 2.55. The van der Waals surface area contributed by atoms with E-state index >= 15 is 0 Å². The van der Waals surface area contributed by atoms with Crippen LogP contribution in [0.2, 0.25) is 0 Å². The molecule has 0 spiro atoms. The molecule has 12 rings (SSSR count). The number of pyridine rings is 1. The van der Waals surface area contributed by atoms with Crippen LogP contribution in [-0.4, -0.2) is 15.0 Å². The van der Waals surface area contributed by atoms with E-state index in [-0.39, 0.29) is 5.41 Å². The first-order valence-electron chi connectivity index (χ1n) is 21.7. The molecule has 3 nitrogen and oxygen atoms in total. The average Bonchev–Trinajstić information content (AvgIpc) is 3.60. The molecule has 63 heavy (non-hydrogen) atoms. The Hall–Kier alpha value is -8.01. The molecule has 0 saturated heterocycles. The van der Waals surface area contributed by atoms with Crippen molar-refractivity contribution in [1.82, 2.24) is 15.0 Å². The van der Waals surface area contributed by atoms with E-state index in [0.29, 0.717) is 5.82 Å². The van der Waals surface area contributed by atoms with Gasteiger partial charge in [-0.15, -0.1) is 0 Å². The number of benzene rings is 9. The average molecular weight is 804 g/mol. The third-order valence-corrected chi connectivity index (χ3v) is 13.2. The van der Waals surface area contributed by atoms with E-state index in [1.54, 1.807) is 6.20 Å². The smallest absolute Gasteiger partial charge is 0.161 e. The molecule has 0 fully saturated rings. The van der Waals surface area contributed by atoms with E-state index in [0.717, 1.165) is 50.0 Å². The minimum atomic E-state index is -0.185. The maximum absolute atomic E-state index is 5.33. The van der Waals surface area contributed by atoms with E-state index in [2.05, 4.69) is 207 Å². The second-order valence-corrected chi connectivity index (χ2v) is 17.1. The molecular weight excluding hydrogens is 763 g/mol. The predicted octanol–water partition coefficient (Wildman–Crippen LogP) is 15.6. The summed E-state index contributed by atoms with van der Waals surface area (Å²) < 4.78 is 0. The van der Waals surface area contributed by atoms with Crippen LogP contribution in [0.3, 0.4) is 0 Å². The van der Waals surface area contributed by atoms with Gasteiger partial charge in [-0.1, -0.05) is 190 Å². The van der Waals surface area contributed by atoms with Gasteiger partial charge in [0.1, 0.15) is 0 Å². The highest BCUT2D eigenvalue weighted by Gasteiger charge is 2.39. The van der Waals surface area contributed by atoms with Gasteiger partial charge in [0, 0.05) is 40.1 Å². The number of hydrogen-bond acceptors (Lipinski definition) is 3. The van der Waals surface area contributed by atoms with Gasteiger partial charge in [0.15, 0.2) is 5.82 Å². The fourth-order valence-electron chi connectivity index (χ4n) is 10.3. The third kappa shape index (κ3) is 6.00. The number of rotatable bonds is 6. The Balaban J connectivity index is 1.01. The molecule has 0 aliphatic heterocycles. The summed E-state index contributed by atoms with van der Waals surface area (Å²) in [7, 11) is 0. The molecule has 1 aliphatic carbocycles. The van der Waals surface area contributed by atoms with Crippen LogP contribution in [0.1, 0.15) is 25.0 Å². The van der Waals surface area contributed by atoms with Crippen molar-refractivity contribution in [2.45, 2.75) is 19.3 Å². The molecule has 0 saturated carbocycles.